The fourth-order valence-corrected chi connectivity index (χ4v) is 4.33. The molecule has 1 aromatic heterocycles. The summed E-state index contributed by atoms with van der Waals surface area (Å²) in [5.41, 5.74) is 5.40. The van der Waals surface area contributed by atoms with E-state index >= 15 is 0 Å². The lowest BCUT2D eigenvalue weighted by Gasteiger charge is -2.37. The van der Waals surface area contributed by atoms with Gasteiger partial charge in [-0.05, 0) is 80.0 Å². The van der Waals surface area contributed by atoms with Crippen molar-refractivity contribution in [2.75, 3.05) is 5.32 Å². The van der Waals surface area contributed by atoms with Crippen LogP contribution in [-0.2, 0) is 4.79 Å². The Bertz CT molecular complexity index is 1150. The van der Waals surface area contributed by atoms with Crippen molar-refractivity contribution in [2.45, 2.75) is 53.5 Å². The van der Waals surface area contributed by atoms with Crippen LogP contribution in [0.4, 0.5) is 10.1 Å². The maximum absolute atomic E-state index is 13.0. The third-order valence-corrected chi connectivity index (χ3v) is 6.28. The van der Waals surface area contributed by atoms with E-state index in [1.165, 1.54) is 41.5 Å². The Morgan fingerprint density at radius 3 is 2.59 bits per heavy atom. The second-order valence-corrected chi connectivity index (χ2v) is 9.53. The number of carbonyl (C=O) groups is 1. The van der Waals surface area contributed by atoms with Crippen molar-refractivity contribution >= 4 is 11.6 Å². The molecule has 1 atom stereocenters. The van der Waals surface area contributed by atoms with Gasteiger partial charge in [-0.25, -0.2) is 9.37 Å². The highest BCUT2D eigenvalue weighted by Crippen LogP contribution is 2.45. The maximum atomic E-state index is 13.0. The van der Waals surface area contributed by atoms with Gasteiger partial charge in [0.05, 0.1) is 12.4 Å². The lowest BCUT2D eigenvalue weighted by atomic mass is 9.71. The number of benzene rings is 1. The number of nitrogens with zero attached hydrogens (tertiary/aromatic N) is 2. The molecular weight excluding hydrogens is 425 g/mol. The maximum Gasteiger partial charge on any atom is 0.248 e. The highest BCUT2D eigenvalue weighted by atomic mass is 19.1. The first-order valence-corrected chi connectivity index (χ1v) is 11.6. The minimum absolute atomic E-state index is 0.130. The van der Waals surface area contributed by atoms with E-state index in [1.807, 2.05) is 43.9 Å². The van der Waals surface area contributed by atoms with Gasteiger partial charge in [-0.1, -0.05) is 49.8 Å². The molecule has 1 aliphatic rings. The van der Waals surface area contributed by atoms with Crippen molar-refractivity contribution in [2.24, 2.45) is 5.41 Å². The fraction of sp³-hybridized carbons (Fsp3) is 0.310. The van der Waals surface area contributed by atoms with E-state index in [4.69, 9.17) is 0 Å². The van der Waals surface area contributed by atoms with E-state index < -0.39 is 0 Å². The zero-order chi connectivity index (χ0) is 24.7. The molecular formula is C29H34FN3O. The molecule has 0 spiro atoms. The molecule has 2 aromatic rings. The van der Waals surface area contributed by atoms with Gasteiger partial charge in [-0.2, -0.15) is 0 Å². The van der Waals surface area contributed by atoms with Gasteiger partial charge in [-0.15, -0.1) is 0 Å². The molecule has 0 aliphatic heterocycles. The molecule has 0 radical (unpaired) electrons. The summed E-state index contributed by atoms with van der Waals surface area (Å²) in [7, 11) is 0. The van der Waals surface area contributed by atoms with Crippen LogP contribution in [0.2, 0.25) is 0 Å². The Morgan fingerprint density at radius 1 is 1.18 bits per heavy atom. The van der Waals surface area contributed by atoms with Gasteiger partial charge in [0.15, 0.2) is 0 Å². The summed E-state index contributed by atoms with van der Waals surface area (Å²) in [6, 6.07) is 6.06. The van der Waals surface area contributed by atoms with E-state index in [0.29, 0.717) is 11.7 Å². The lowest BCUT2D eigenvalue weighted by molar-refractivity contribution is -0.111. The van der Waals surface area contributed by atoms with E-state index in [1.54, 1.807) is 0 Å². The van der Waals surface area contributed by atoms with E-state index in [2.05, 4.69) is 54.7 Å². The highest BCUT2D eigenvalue weighted by Gasteiger charge is 2.32. The average Bonchev–Trinajstić information content (AvgIpc) is 3.29. The van der Waals surface area contributed by atoms with Crippen LogP contribution in [-0.4, -0.2) is 15.5 Å². The molecule has 5 heteroatoms. The lowest BCUT2D eigenvalue weighted by Crippen LogP contribution is -2.25. The molecule has 178 valence electrons. The number of allylic oxidation sites excluding steroid dienone is 9. The van der Waals surface area contributed by atoms with Crippen molar-refractivity contribution in [3.05, 3.63) is 108 Å². The Balaban J connectivity index is 1.65. The summed E-state index contributed by atoms with van der Waals surface area (Å²) in [5.74, 6) is -0.580. The number of carbonyl (C=O) groups excluding carboxylic acids is 1. The second kappa shape index (κ2) is 11.1. The molecule has 34 heavy (non-hydrogen) atoms. The third-order valence-electron chi connectivity index (χ3n) is 6.28. The normalized spacial score (nSPS) is 19.3. The molecule has 1 aromatic carbocycles. The van der Waals surface area contributed by atoms with Crippen molar-refractivity contribution in [1.29, 1.82) is 0 Å². The number of hydrogen-bond donors (Lipinski definition) is 1. The quantitative estimate of drug-likeness (QED) is 0.348. The van der Waals surface area contributed by atoms with Crippen molar-refractivity contribution in [3.63, 3.8) is 0 Å². The Labute approximate surface area is 202 Å². The number of halogens is 1. The van der Waals surface area contributed by atoms with Crippen LogP contribution < -0.4 is 5.32 Å². The first-order valence-electron chi connectivity index (χ1n) is 11.6. The molecule has 3 rings (SSSR count). The molecule has 1 amide bonds. The standard InChI is InChI=1S/C29H34FN3O/c1-21(7-6-8-22(2)19-28(34)32-25-12-10-24(30)11-13-25)9-14-26-23(3)27(15-16-29(26,4)5)33-18-17-31-20-33/h6-14,17-20,27H,15-16H2,1-5H3,(H,32,34)/b8-6+,14-9+,21-7+,22-19+. The van der Waals surface area contributed by atoms with E-state index in [0.717, 1.165) is 24.0 Å². The van der Waals surface area contributed by atoms with Crippen LogP contribution in [0.3, 0.4) is 0 Å². The van der Waals surface area contributed by atoms with E-state index in [-0.39, 0.29) is 17.1 Å². The van der Waals surface area contributed by atoms with Gasteiger partial charge < -0.3 is 9.88 Å². The van der Waals surface area contributed by atoms with Crippen molar-refractivity contribution in [1.82, 2.24) is 9.55 Å². The Kier molecular flexibility index (Phi) is 8.21. The summed E-state index contributed by atoms with van der Waals surface area (Å²) < 4.78 is 15.2. The molecule has 0 saturated heterocycles. The third kappa shape index (κ3) is 6.77. The number of anilines is 1. The molecule has 1 unspecified atom stereocenters. The predicted molar refractivity (Wildman–Crippen MR) is 138 cm³/mol. The Morgan fingerprint density at radius 2 is 1.91 bits per heavy atom. The second-order valence-electron chi connectivity index (χ2n) is 9.53. The Hall–Kier alpha value is -3.47. The number of imidazole rings is 1. The van der Waals surface area contributed by atoms with Gasteiger partial charge in [0.2, 0.25) is 5.91 Å². The number of amides is 1. The summed E-state index contributed by atoms with van der Waals surface area (Å²) >= 11 is 0. The molecule has 0 bridgehead atoms. The monoisotopic (exact) mass is 459 g/mol. The van der Waals surface area contributed by atoms with Gasteiger partial charge in [0.1, 0.15) is 5.82 Å². The highest BCUT2D eigenvalue weighted by molar-refractivity contribution is 5.99. The van der Waals surface area contributed by atoms with E-state index in [9.17, 15) is 9.18 Å². The van der Waals surface area contributed by atoms with Crippen LogP contribution in [0.15, 0.2) is 102 Å². The summed E-state index contributed by atoms with van der Waals surface area (Å²) in [5, 5.41) is 2.73. The van der Waals surface area contributed by atoms with Crippen LogP contribution in [0.25, 0.3) is 0 Å². The molecule has 0 fully saturated rings. The number of rotatable bonds is 7. The van der Waals surface area contributed by atoms with Crippen LogP contribution in [0.1, 0.15) is 53.5 Å². The van der Waals surface area contributed by atoms with Crippen molar-refractivity contribution in [3.8, 4) is 0 Å². The minimum Gasteiger partial charge on any atom is -0.330 e. The predicted octanol–water partition coefficient (Wildman–Crippen LogP) is 7.34. The van der Waals surface area contributed by atoms with Crippen LogP contribution in [0, 0.1) is 11.2 Å². The first-order chi connectivity index (χ1) is 16.2. The fourth-order valence-electron chi connectivity index (χ4n) is 4.33. The number of aromatic nitrogens is 2. The first kappa shape index (κ1) is 25.2. The smallest absolute Gasteiger partial charge is 0.248 e. The summed E-state index contributed by atoms with van der Waals surface area (Å²) in [6.07, 6.45) is 19.8. The van der Waals surface area contributed by atoms with Gasteiger partial charge >= 0.3 is 0 Å². The van der Waals surface area contributed by atoms with Crippen LogP contribution in [0.5, 0.6) is 0 Å². The topological polar surface area (TPSA) is 46.9 Å². The van der Waals surface area contributed by atoms with Gasteiger partial charge in [0, 0.05) is 24.2 Å². The van der Waals surface area contributed by atoms with Gasteiger partial charge in [0.25, 0.3) is 0 Å². The largest absolute Gasteiger partial charge is 0.330 e. The van der Waals surface area contributed by atoms with Crippen LogP contribution >= 0.6 is 0 Å². The van der Waals surface area contributed by atoms with Gasteiger partial charge in [-0.3, -0.25) is 4.79 Å². The summed E-state index contributed by atoms with van der Waals surface area (Å²) in [6.45, 7) is 10.8. The minimum atomic E-state index is -0.333. The average molecular weight is 460 g/mol. The zero-order valence-corrected chi connectivity index (χ0v) is 20.7. The molecule has 1 heterocycles. The zero-order valence-electron chi connectivity index (χ0n) is 20.7. The molecule has 4 nitrogen and oxygen atoms in total. The number of nitrogens with one attached hydrogen (secondary N) is 1. The molecule has 1 aliphatic carbocycles. The molecule has 0 saturated carbocycles. The molecule has 1 N–H and O–H groups in total. The van der Waals surface area contributed by atoms with Crippen molar-refractivity contribution < 1.29 is 9.18 Å². The number of hydrogen-bond acceptors (Lipinski definition) is 2. The summed E-state index contributed by atoms with van der Waals surface area (Å²) in [4.78, 5) is 16.4. The SMILES string of the molecule is CC1=C(/C=C/C(C)=C/C=C/C(C)=C/C(=O)Nc2ccc(F)cc2)C(C)(C)CCC1n1ccnc1.